The maximum absolute atomic E-state index is 11.5. The lowest BCUT2D eigenvalue weighted by Crippen LogP contribution is -2.35. The molecule has 0 saturated carbocycles. The first-order chi connectivity index (χ1) is 10.2. The lowest BCUT2D eigenvalue weighted by atomic mass is 10.1. The second-order valence-electron chi connectivity index (χ2n) is 5.19. The highest BCUT2D eigenvalue weighted by Gasteiger charge is 2.20. The number of anilines is 1. The summed E-state index contributed by atoms with van der Waals surface area (Å²) in [6.45, 7) is 1.96. The molecule has 3 rings (SSSR count). The SMILES string of the molecule is O=C(O)c1sc(-c2ccccc2)cc1NC1CCNCC1. The third kappa shape index (κ3) is 3.25. The van der Waals surface area contributed by atoms with E-state index < -0.39 is 5.97 Å². The van der Waals surface area contributed by atoms with Crippen molar-refractivity contribution in [3.05, 3.63) is 41.3 Å². The Morgan fingerprint density at radius 1 is 1.24 bits per heavy atom. The number of carboxylic acids is 1. The Bertz CT molecular complexity index is 618. The van der Waals surface area contributed by atoms with Gasteiger partial charge in [0.05, 0.1) is 5.69 Å². The predicted molar refractivity (Wildman–Crippen MR) is 86.2 cm³/mol. The van der Waals surface area contributed by atoms with Crippen molar-refractivity contribution >= 4 is 23.0 Å². The summed E-state index contributed by atoms with van der Waals surface area (Å²) < 4.78 is 0. The molecule has 3 N–H and O–H groups in total. The molecule has 0 unspecified atom stereocenters. The lowest BCUT2D eigenvalue weighted by Gasteiger charge is -2.24. The van der Waals surface area contributed by atoms with Gasteiger partial charge in [-0.1, -0.05) is 30.3 Å². The van der Waals surface area contributed by atoms with Crippen LogP contribution in [-0.4, -0.2) is 30.2 Å². The van der Waals surface area contributed by atoms with Gasteiger partial charge in [0.15, 0.2) is 0 Å². The minimum atomic E-state index is -0.862. The average molecular weight is 302 g/mol. The maximum Gasteiger partial charge on any atom is 0.348 e. The first-order valence-corrected chi connectivity index (χ1v) is 7.95. The van der Waals surface area contributed by atoms with E-state index in [1.807, 2.05) is 36.4 Å². The summed E-state index contributed by atoms with van der Waals surface area (Å²) in [5.41, 5.74) is 1.81. The number of carboxylic acid groups (broad SMARTS) is 1. The van der Waals surface area contributed by atoms with Crippen LogP contribution in [0.1, 0.15) is 22.5 Å². The van der Waals surface area contributed by atoms with Crippen LogP contribution in [0.5, 0.6) is 0 Å². The Kier molecular flexibility index (Phi) is 4.22. The van der Waals surface area contributed by atoms with E-state index in [2.05, 4.69) is 10.6 Å². The van der Waals surface area contributed by atoms with E-state index in [0.717, 1.165) is 42.1 Å². The minimum Gasteiger partial charge on any atom is -0.477 e. The van der Waals surface area contributed by atoms with Crippen LogP contribution < -0.4 is 10.6 Å². The Morgan fingerprint density at radius 3 is 2.62 bits per heavy atom. The molecule has 4 nitrogen and oxygen atoms in total. The van der Waals surface area contributed by atoms with Gasteiger partial charge in [-0.05, 0) is 37.6 Å². The van der Waals surface area contributed by atoms with Gasteiger partial charge < -0.3 is 15.7 Å². The van der Waals surface area contributed by atoms with Crippen molar-refractivity contribution in [3.8, 4) is 10.4 Å². The molecule has 1 fully saturated rings. The second kappa shape index (κ2) is 6.28. The smallest absolute Gasteiger partial charge is 0.348 e. The van der Waals surface area contributed by atoms with Crippen molar-refractivity contribution in [2.75, 3.05) is 18.4 Å². The fourth-order valence-corrected chi connectivity index (χ4v) is 3.55. The van der Waals surface area contributed by atoms with Crippen LogP contribution >= 0.6 is 11.3 Å². The number of benzene rings is 1. The van der Waals surface area contributed by atoms with E-state index in [0.29, 0.717) is 10.9 Å². The van der Waals surface area contributed by atoms with Gasteiger partial charge in [0.2, 0.25) is 0 Å². The van der Waals surface area contributed by atoms with Gasteiger partial charge in [0.25, 0.3) is 0 Å². The van der Waals surface area contributed by atoms with E-state index >= 15 is 0 Å². The largest absolute Gasteiger partial charge is 0.477 e. The van der Waals surface area contributed by atoms with Gasteiger partial charge in [-0.2, -0.15) is 0 Å². The number of nitrogens with one attached hydrogen (secondary N) is 2. The molecule has 1 saturated heterocycles. The number of rotatable bonds is 4. The van der Waals surface area contributed by atoms with E-state index in [4.69, 9.17) is 0 Å². The van der Waals surface area contributed by atoms with Crippen molar-refractivity contribution in [1.29, 1.82) is 0 Å². The van der Waals surface area contributed by atoms with Crippen LogP contribution in [0.15, 0.2) is 36.4 Å². The number of thiophene rings is 1. The molecule has 5 heteroatoms. The summed E-state index contributed by atoms with van der Waals surface area (Å²) in [7, 11) is 0. The molecule has 21 heavy (non-hydrogen) atoms. The summed E-state index contributed by atoms with van der Waals surface area (Å²) in [5.74, 6) is -0.862. The molecule has 0 spiro atoms. The van der Waals surface area contributed by atoms with Gasteiger partial charge in [0.1, 0.15) is 4.88 Å². The lowest BCUT2D eigenvalue weighted by molar-refractivity contribution is 0.0703. The van der Waals surface area contributed by atoms with Gasteiger partial charge in [-0.25, -0.2) is 4.79 Å². The molecule has 110 valence electrons. The van der Waals surface area contributed by atoms with E-state index in [9.17, 15) is 9.90 Å². The number of hydrogen-bond donors (Lipinski definition) is 3. The minimum absolute atomic E-state index is 0.350. The standard InChI is InChI=1S/C16H18N2O2S/c19-16(20)15-13(18-12-6-8-17-9-7-12)10-14(21-15)11-4-2-1-3-5-11/h1-5,10,12,17-18H,6-9H2,(H,19,20). The Hall–Kier alpha value is -1.85. The highest BCUT2D eigenvalue weighted by molar-refractivity contribution is 7.18. The van der Waals surface area contributed by atoms with Crippen molar-refractivity contribution in [3.63, 3.8) is 0 Å². The van der Waals surface area contributed by atoms with E-state index in [1.54, 1.807) is 0 Å². The third-order valence-electron chi connectivity index (χ3n) is 3.68. The van der Waals surface area contributed by atoms with Crippen LogP contribution in [0.3, 0.4) is 0 Å². The zero-order valence-electron chi connectivity index (χ0n) is 11.6. The fraction of sp³-hybridized carbons (Fsp3) is 0.312. The van der Waals surface area contributed by atoms with Gasteiger partial charge in [-0.3, -0.25) is 0 Å². The number of carbonyl (C=O) groups is 1. The topological polar surface area (TPSA) is 61.4 Å². The zero-order chi connectivity index (χ0) is 14.7. The summed E-state index contributed by atoms with van der Waals surface area (Å²) in [5, 5.41) is 16.1. The highest BCUT2D eigenvalue weighted by Crippen LogP contribution is 2.35. The quantitative estimate of drug-likeness (QED) is 0.811. The van der Waals surface area contributed by atoms with Crippen LogP contribution in [0.25, 0.3) is 10.4 Å². The summed E-state index contributed by atoms with van der Waals surface area (Å²) >= 11 is 1.33. The van der Waals surface area contributed by atoms with E-state index in [1.165, 1.54) is 11.3 Å². The molecule has 1 aromatic heterocycles. The Morgan fingerprint density at radius 2 is 1.95 bits per heavy atom. The Balaban J connectivity index is 1.88. The van der Waals surface area contributed by atoms with Crippen molar-refractivity contribution in [1.82, 2.24) is 5.32 Å². The number of hydrogen-bond acceptors (Lipinski definition) is 4. The molecule has 1 aromatic carbocycles. The molecular formula is C16H18N2O2S. The fourth-order valence-electron chi connectivity index (χ4n) is 2.59. The molecular weight excluding hydrogens is 284 g/mol. The van der Waals surface area contributed by atoms with E-state index in [-0.39, 0.29) is 0 Å². The van der Waals surface area contributed by atoms with Gasteiger partial charge in [-0.15, -0.1) is 11.3 Å². The van der Waals surface area contributed by atoms with Crippen molar-refractivity contribution < 1.29 is 9.90 Å². The monoisotopic (exact) mass is 302 g/mol. The molecule has 1 aliphatic heterocycles. The van der Waals surface area contributed by atoms with Gasteiger partial charge >= 0.3 is 5.97 Å². The summed E-state index contributed by atoms with van der Waals surface area (Å²) in [6, 6.07) is 12.2. The Labute approximate surface area is 127 Å². The van der Waals surface area contributed by atoms with Crippen LogP contribution in [-0.2, 0) is 0 Å². The molecule has 1 aliphatic rings. The normalized spacial score (nSPS) is 15.8. The molecule has 0 bridgehead atoms. The van der Waals surface area contributed by atoms with Crippen LogP contribution in [0.4, 0.5) is 5.69 Å². The molecule has 0 aliphatic carbocycles. The van der Waals surface area contributed by atoms with Crippen LogP contribution in [0, 0.1) is 0 Å². The summed E-state index contributed by atoms with van der Waals surface area (Å²) in [4.78, 5) is 12.9. The zero-order valence-corrected chi connectivity index (χ0v) is 12.5. The molecule has 0 atom stereocenters. The molecule has 0 amide bonds. The second-order valence-corrected chi connectivity index (χ2v) is 6.25. The molecule has 2 aromatic rings. The third-order valence-corrected chi connectivity index (χ3v) is 4.86. The summed E-state index contributed by atoms with van der Waals surface area (Å²) in [6.07, 6.45) is 2.05. The first-order valence-electron chi connectivity index (χ1n) is 7.14. The highest BCUT2D eigenvalue weighted by atomic mass is 32.1. The van der Waals surface area contributed by atoms with Crippen molar-refractivity contribution in [2.45, 2.75) is 18.9 Å². The average Bonchev–Trinajstić information content (AvgIpc) is 2.93. The predicted octanol–water partition coefficient (Wildman–Crippen LogP) is 3.28. The molecule has 0 radical (unpaired) electrons. The first kappa shape index (κ1) is 14.1. The number of piperidine rings is 1. The van der Waals surface area contributed by atoms with Gasteiger partial charge in [0, 0.05) is 10.9 Å². The van der Waals surface area contributed by atoms with Crippen molar-refractivity contribution in [2.24, 2.45) is 0 Å². The number of aromatic carboxylic acids is 1. The maximum atomic E-state index is 11.5. The molecule has 2 heterocycles. The van der Waals surface area contributed by atoms with Crippen LogP contribution in [0.2, 0.25) is 0 Å².